The number of rotatable bonds is 5. The molecule has 2 aromatic rings. The quantitative estimate of drug-likeness (QED) is 0.507. The predicted molar refractivity (Wildman–Crippen MR) is 105 cm³/mol. The maximum absolute atomic E-state index is 12.8. The first-order valence-corrected chi connectivity index (χ1v) is 11.5. The number of nitrogens with zero attached hydrogens (tertiary/aromatic N) is 1. The van der Waals surface area contributed by atoms with Crippen LogP contribution in [-0.2, 0) is 27.6 Å². The zero-order valence-corrected chi connectivity index (χ0v) is 17.8. The van der Waals surface area contributed by atoms with Crippen LogP contribution in [0.5, 0.6) is 0 Å². The van der Waals surface area contributed by atoms with Crippen molar-refractivity contribution in [3.8, 4) is 0 Å². The summed E-state index contributed by atoms with van der Waals surface area (Å²) in [5, 5.41) is 0.462. The molecule has 2 aromatic heterocycles. The highest BCUT2D eigenvalue weighted by atomic mass is 79.9. The number of carbonyl (C=O) groups excluding carboxylic acids is 1. The molecular formula is C16H16BrClN2O4S2. The first-order valence-electron chi connectivity index (χ1n) is 7.99. The van der Waals surface area contributed by atoms with E-state index in [0.717, 1.165) is 36.1 Å². The highest BCUT2D eigenvalue weighted by molar-refractivity contribution is 9.10. The molecule has 0 saturated heterocycles. The van der Waals surface area contributed by atoms with Crippen LogP contribution in [0.3, 0.4) is 0 Å². The normalized spacial score (nSPS) is 14.0. The van der Waals surface area contributed by atoms with Crippen LogP contribution in [0.4, 0.5) is 5.00 Å². The molecular weight excluding hydrogens is 464 g/mol. The molecule has 1 aliphatic carbocycles. The van der Waals surface area contributed by atoms with Crippen molar-refractivity contribution in [1.29, 1.82) is 0 Å². The summed E-state index contributed by atoms with van der Waals surface area (Å²) in [5.41, 5.74) is 1.23. The lowest BCUT2D eigenvalue weighted by Crippen LogP contribution is -2.16. The fraction of sp³-hybridized carbons (Fsp3) is 0.375. The lowest BCUT2D eigenvalue weighted by atomic mass is 9.95. The molecule has 0 unspecified atom stereocenters. The minimum atomic E-state index is -3.92. The van der Waals surface area contributed by atoms with Gasteiger partial charge in [-0.2, -0.15) is 0 Å². The van der Waals surface area contributed by atoms with Gasteiger partial charge in [0.15, 0.2) is 0 Å². The lowest BCUT2D eigenvalue weighted by molar-refractivity contribution is 0.0526. The predicted octanol–water partition coefficient (Wildman–Crippen LogP) is 4.42. The molecule has 2 heterocycles. The zero-order chi connectivity index (χ0) is 18.9. The maximum Gasteiger partial charge on any atom is 0.341 e. The van der Waals surface area contributed by atoms with Gasteiger partial charge in [0, 0.05) is 11.1 Å². The van der Waals surface area contributed by atoms with Crippen molar-refractivity contribution < 1.29 is 17.9 Å². The molecule has 0 atom stereocenters. The van der Waals surface area contributed by atoms with E-state index in [2.05, 4.69) is 25.6 Å². The molecule has 0 aromatic carbocycles. The van der Waals surface area contributed by atoms with Crippen molar-refractivity contribution in [1.82, 2.24) is 4.98 Å². The Bertz CT molecular complexity index is 959. The van der Waals surface area contributed by atoms with E-state index >= 15 is 0 Å². The molecule has 0 aliphatic heterocycles. The Hall–Kier alpha value is -1.16. The molecule has 0 spiro atoms. The van der Waals surface area contributed by atoms with E-state index in [1.807, 2.05) is 0 Å². The second kappa shape index (κ2) is 7.84. The molecule has 1 aliphatic rings. The number of esters is 1. The highest BCUT2D eigenvalue weighted by Crippen LogP contribution is 2.39. The highest BCUT2D eigenvalue weighted by Gasteiger charge is 2.29. The monoisotopic (exact) mass is 478 g/mol. The summed E-state index contributed by atoms with van der Waals surface area (Å²) < 4.78 is 33.5. The number of fused-ring (bicyclic) bond motifs is 1. The summed E-state index contributed by atoms with van der Waals surface area (Å²) in [5.74, 6) is -0.500. The number of thiophene rings is 1. The van der Waals surface area contributed by atoms with Gasteiger partial charge >= 0.3 is 5.97 Å². The van der Waals surface area contributed by atoms with E-state index in [0.29, 0.717) is 15.0 Å². The first-order chi connectivity index (χ1) is 12.3. The van der Waals surface area contributed by atoms with Gasteiger partial charge in [0.05, 0.1) is 16.6 Å². The second-order valence-corrected chi connectivity index (χ2v) is 9.68. The summed E-state index contributed by atoms with van der Waals surface area (Å²) in [6, 6.07) is 1.37. The molecule has 1 N–H and O–H groups in total. The van der Waals surface area contributed by atoms with Gasteiger partial charge in [0.1, 0.15) is 15.0 Å². The number of carbonyl (C=O) groups is 1. The van der Waals surface area contributed by atoms with Gasteiger partial charge in [-0.1, -0.05) is 11.6 Å². The molecule has 26 heavy (non-hydrogen) atoms. The zero-order valence-electron chi connectivity index (χ0n) is 13.8. The van der Waals surface area contributed by atoms with Crippen molar-refractivity contribution >= 4 is 59.9 Å². The van der Waals surface area contributed by atoms with Gasteiger partial charge in [0.2, 0.25) is 0 Å². The van der Waals surface area contributed by atoms with Crippen molar-refractivity contribution in [2.45, 2.75) is 37.5 Å². The summed E-state index contributed by atoms with van der Waals surface area (Å²) in [6.45, 7) is 1.95. The number of aromatic nitrogens is 1. The fourth-order valence-corrected chi connectivity index (χ4v) is 5.95. The minimum absolute atomic E-state index is 0.0463. The van der Waals surface area contributed by atoms with E-state index < -0.39 is 16.0 Å². The molecule has 0 bridgehead atoms. The van der Waals surface area contributed by atoms with E-state index in [1.165, 1.54) is 23.6 Å². The van der Waals surface area contributed by atoms with E-state index in [-0.39, 0.29) is 16.7 Å². The SMILES string of the molecule is CCOC(=O)c1c(NS(=O)(=O)c2cnc(Cl)c(Br)c2)sc2c1CCCC2. The van der Waals surface area contributed by atoms with Crippen molar-refractivity contribution in [3.05, 3.63) is 37.9 Å². The van der Waals surface area contributed by atoms with Crippen LogP contribution >= 0.6 is 38.9 Å². The Morgan fingerprint density at radius 2 is 2.15 bits per heavy atom. The number of anilines is 1. The Labute approximate surface area is 169 Å². The number of pyridine rings is 1. The Balaban J connectivity index is 2.02. The second-order valence-electron chi connectivity index (χ2n) is 5.68. The van der Waals surface area contributed by atoms with Crippen molar-refractivity contribution in [3.63, 3.8) is 0 Å². The lowest BCUT2D eigenvalue weighted by Gasteiger charge is -2.12. The van der Waals surface area contributed by atoms with Crippen LogP contribution in [0.2, 0.25) is 5.15 Å². The fourth-order valence-electron chi connectivity index (χ4n) is 2.79. The van der Waals surface area contributed by atoms with Gasteiger partial charge in [0.25, 0.3) is 10.0 Å². The molecule has 0 radical (unpaired) electrons. The smallest absolute Gasteiger partial charge is 0.341 e. The Morgan fingerprint density at radius 3 is 2.85 bits per heavy atom. The van der Waals surface area contributed by atoms with E-state index in [1.54, 1.807) is 6.92 Å². The van der Waals surface area contributed by atoms with Crippen LogP contribution in [0.25, 0.3) is 0 Å². The van der Waals surface area contributed by atoms with E-state index in [4.69, 9.17) is 16.3 Å². The Morgan fingerprint density at radius 1 is 1.42 bits per heavy atom. The average Bonchev–Trinajstić information content (AvgIpc) is 2.94. The third-order valence-corrected chi connectivity index (χ3v) is 7.75. The number of halogens is 2. The molecule has 0 amide bonds. The standard InChI is InChI=1S/C16H16BrClN2O4S2/c1-2-24-16(21)13-10-5-3-4-6-12(10)25-15(13)20-26(22,23)9-7-11(17)14(18)19-8-9/h7-8,20H,2-6H2,1H3. The summed E-state index contributed by atoms with van der Waals surface area (Å²) >= 11 is 10.3. The molecule has 3 rings (SSSR count). The van der Waals surface area contributed by atoms with Crippen molar-refractivity contribution in [2.24, 2.45) is 0 Å². The van der Waals surface area contributed by atoms with E-state index in [9.17, 15) is 13.2 Å². The van der Waals surface area contributed by atoms with Crippen LogP contribution in [0.1, 0.15) is 40.6 Å². The number of hydrogen-bond donors (Lipinski definition) is 1. The third kappa shape index (κ3) is 3.90. The maximum atomic E-state index is 12.8. The summed E-state index contributed by atoms with van der Waals surface area (Å²) in [7, 11) is -3.92. The van der Waals surface area contributed by atoms with Gasteiger partial charge in [-0.05, 0) is 60.2 Å². The van der Waals surface area contributed by atoms with Gasteiger partial charge in [-0.3, -0.25) is 4.72 Å². The molecule has 10 heteroatoms. The summed E-state index contributed by atoms with van der Waals surface area (Å²) in [6.07, 6.45) is 4.75. The average molecular weight is 480 g/mol. The number of ether oxygens (including phenoxy) is 1. The number of nitrogens with one attached hydrogen (secondary N) is 1. The molecule has 0 fully saturated rings. The number of hydrogen-bond acceptors (Lipinski definition) is 6. The van der Waals surface area contributed by atoms with Crippen LogP contribution in [-0.4, -0.2) is 26.0 Å². The van der Waals surface area contributed by atoms with Gasteiger partial charge in [-0.15, -0.1) is 11.3 Å². The topological polar surface area (TPSA) is 85.4 Å². The number of aryl methyl sites for hydroxylation is 1. The Kier molecular flexibility index (Phi) is 5.91. The third-order valence-electron chi connectivity index (χ3n) is 3.96. The number of sulfonamides is 1. The first kappa shape index (κ1) is 19.6. The molecule has 0 saturated carbocycles. The summed E-state index contributed by atoms with van der Waals surface area (Å²) in [4.78, 5) is 17.3. The minimum Gasteiger partial charge on any atom is -0.462 e. The van der Waals surface area contributed by atoms with Crippen LogP contribution in [0.15, 0.2) is 21.6 Å². The van der Waals surface area contributed by atoms with Crippen LogP contribution < -0.4 is 4.72 Å². The molecule has 6 nitrogen and oxygen atoms in total. The largest absolute Gasteiger partial charge is 0.462 e. The molecule has 140 valence electrons. The van der Waals surface area contributed by atoms with Crippen molar-refractivity contribution in [2.75, 3.05) is 11.3 Å². The van der Waals surface area contributed by atoms with Gasteiger partial charge < -0.3 is 4.74 Å². The van der Waals surface area contributed by atoms with Gasteiger partial charge in [-0.25, -0.2) is 18.2 Å². The van der Waals surface area contributed by atoms with Crippen LogP contribution in [0, 0.1) is 0 Å².